The van der Waals surface area contributed by atoms with Crippen molar-refractivity contribution >= 4 is 36.1 Å². The summed E-state index contributed by atoms with van der Waals surface area (Å²) in [4.78, 5) is 43.4. The van der Waals surface area contributed by atoms with E-state index in [1.54, 1.807) is 11.5 Å². The van der Waals surface area contributed by atoms with Gasteiger partial charge < -0.3 is 14.0 Å². The largest absolute Gasteiger partial charge is 0.457 e. The monoisotopic (exact) mass is 462 g/mol. The predicted octanol–water partition coefficient (Wildman–Crippen LogP) is 3.20. The first-order chi connectivity index (χ1) is 15.6. The van der Waals surface area contributed by atoms with E-state index in [1.165, 1.54) is 12.1 Å². The van der Waals surface area contributed by atoms with Gasteiger partial charge in [-0.05, 0) is 34.7 Å². The molecular formula is C25H26N2O5Si. The molecule has 2 aliphatic heterocycles. The molecule has 0 amide bonds. The maximum absolute atomic E-state index is 13.6. The van der Waals surface area contributed by atoms with Crippen molar-refractivity contribution in [1.29, 1.82) is 0 Å². The number of hydrogen-bond acceptors (Lipinski definition) is 6. The number of carbonyl (C=O) groups is 2. The molecule has 0 spiro atoms. The number of carbonyl (C=O) groups excluding carboxylic acids is 2. The van der Waals surface area contributed by atoms with Crippen LogP contribution >= 0.6 is 0 Å². The molecular weight excluding hydrogens is 436 g/mol. The van der Waals surface area contributed by atoms with Crippen molar-refractivity contribution in [3.63, 3.8) is 0 Å². The van der Waals surface area contributed by atoms with Crippen LogP contribution in [0.25, 0.3) is 22.3 Å². The zero-order valence-corrected chi connectivity index (χ0v) is 20.4. The van der Waals surface area contributed by atoms with Gasteiger partial charge in [-0.1, -0.05) is 44.8 Å². The van der Waals surface area contributed by atoms with Crippen molar-refractivity contribution in [2.45, 2.75) is 58.7 Å². The molecule has 2 aromatic heterocycles. The van der Waals surface area contributed by atoms with E-state index in [2.05, 4.69) is 25.7 Å². The van der Waals surface area contributed by atoms with Gasteiger partial charge in [-0.25, -0.2) is 9.78 Å². The van der Waals surface area contributed by atoms with E-state index in [1.807, 2.05) is 24.3 Å². The van der Waals surface area contributed by atoms with E-state index in [-0.39, 0.29) is 18.6 Å². The highest BCUT2D eigenvalue weighted by atomic mass is 28.3. The van der Waals surface area contributed by atoms with Crippen molar-refractivity contribution in [2.75, 3.05) is 0 Å². The second-order valence-corrected chi connectivity index (χ2v) is 14.7. The Hall–Kier alpha value is -3.26. The van der Waals surface area contributed by atoms with Crippen LogP contribution in [-0.4, -0.2) is 29.6 Å². The van der Waals surface area contributed by atoms with E-state index < -0.39 is 25.6 Å². The second-order valence-electron chi connectivity index (χ2n) is 9.74. The van der Waals surface area contributed by atoms with Crippen LogP contribution in [0.5, 0.6) is 0 Å². The van der Waals surface area contributed by atoms with Gasteiger partial charge in [-0.3, -0.25) is 9.59 Å². The Labute approximate surface area is 192 Å². The Kier molecular flexibility index (Phi) is 4.65. The lowest BCUT2D eigenvalue weighted by molar-refractivity contribution is -0.188. The number of hydrogen-bond donors (Lipinski definition) is 0. The van der Waals surface area contributed by atoms with Gasteiger partial charge in [0.25, 0.3) is 5.56 Å². The molecule has 0 radical (unpaired) electrons. The summed E-state index contributed by atoms with van der Waals surface area (Å²) in [5.41, 5.74) is 2.26. The molecule has 1 aromatic carbocycles. The molecule has 8 heteroatoms. The third-order valence-corrected chi connectivity index (χ3v) is 8.70. The third kappa shape index (κ3) is 3.00. The Balaban J connectivity index is 1.85. The second kappa shape index (κ2) is 7.12. The summed E-state index contributed by atoms with van der Waals surface area (Å²) in [6, 6.07) is 9.88. The van der Waals surface area contributed by atoms with Crippen LogP contribution in [0.4, 0.5) is 0 Å². The van der Waals surface area contributed by atoms with Crippen molar-refractivity contribution in [1.82, 2.24) is 9.55 Å². The van der Waals surface area contributed by atoms with E-state index >= 15 is 0 Å². The van der Waals surface area contributed by atoms with Gasteiger partial charge in [0, 0.05) is 12.5 Å². The fourth-order valence-electron chi connectivity index (χ4n) is 5.29. The molecule has 0 aliphatic carbocycles. The molecule has 0 N–H and O–H groups in total. The first-order valence-corrected chi connectivity index (χ1v) is 14.6. The van der Waals surface area contributed by atoms with Crippen molar-refractivity contribution in [3.05, 3.63) is 57.4 Å². The Morgan fingerprint density at radius 2 is 1.94 bits per heavy atom. The van der Waals surface area contributed by atoms with Gasteiger partial charge in [0.1, 0.15) is 6.61 Å². The number of aromatic nitrogens is 2. The lowest BCUT2D eigenvalue weighted by Gasteiger charge is -2.35. The Morgan fingerprint density at radius 3 is 2.61 bits per heavy atom. The van der Waals surface area contributed by atoms with Crippen molar-refractivity contribution in [2.24, 2.45) is 0 Å². The van der Waals surface area contributed by atoms with Crippen LogP contribution < -0.4 is 10.7 Å². The fourth-order valence-corrected chi connectivity index (χ4v) is 7.41. The van der Waals surface area contributed by atoms with Gasteiger partial charge in [0.2, 0.25) is 5.60 Å². The van der Waals surface area contributed by atoms with Gasteiger partial charge >= 0.3 is 11.9 Å². The van der Waals surface area contributed by atoms with Crippen LogP contribution in [0.3, 0.4) is 0 Å². The van der Waals surface area contributed by atoms with Crippen LogP contribution in [0, 0.1) is 0 Å². The summed E-state index contributed by atoms with van der Waals surface area (Å²) in [6.45, 7) is 10.2. The summed E-state index contributed by atoms with van der Waals surface area (Å²) in [5.74, 6) is -1.25. The van der Waals surface area contributed by atoms with Gasteiger partial charge in [-0.2, -0.15) is 0 Å². The van der Waals surface area contributed by atoms with E-state index in [0.29, 0.717) is 23.4 Å². The molecule has 0 saturated carbocycles. The molecule has 1 atom stereocenters. The van der Waals surface area contributed by atoms with E-state index in [0.717, 1.165) is 22.2 Å². The summed E-state index contributed by atoms with van der Waals surface area (Å²) in [5, 5.41) is 2.42. The normalized spacial score (nSPS) is 19.0. The zero-order chi connectivity index (χ0) is 23.7. The lowest BCUT2D eigenvalue weighted by Crippen LogP contribution is -2.47. The highest BCUT2D eigenvalue weighted by Gasteiger charge is 2.50. The number of ether oxygens (including phenoxy) is 2. The van der Waals surface area contributed by atoms with Gasteiger partial charge in [0.05, 0.1) is 37.1 Å². The summed E-state index contributed by atoms with van der Waals surface area (Å²) < 4.78 is 12.6. The maximum atomic E-state index is 13.6. The minimum absolute atomic E-state index is 0.136. The van der Waals surface area contributed by atoms with Crippen LogP contribution in [-0.2, 0) is 37.8 Å². The van der Waals surface area contributed by atoms with Crippen molar-refractivity contribution in [3.8, 4) is 11.4 Å². The number of cyclic esters (lactones) is 1. The predicted molar refractivity (Wildman–Crippen MR) is 127 cm³/mol. The summed E-state index contributed by atoms with van der Waals surface area (Å²) in [7, 11) is -1.81. The lowest BCUT2D eigenvalue weighted by atomic mass is 9.85. The van der Waals surface area contributed by atoms with E-state index in [9.17, 15) is 14.4 Å². The highest BCUT2D eigenvalue weighted by molar-refractivity contribution is 6.90. The first-order valence-electron chi connectivity index (χ1n) is 11.1. The highest BCUT2D eigenvalue weighted by Crippen LogP contribution is 2.41. The zero-order valence-electron chi connectivity index (χ0n) is 19.4. The average Bonchev–Trinajstić information content (AvgIpc) is 3.11. The van der Waals surface area contributed by atoms with Gasteiger partial charge in [0.15, 0.2) is 0 Å². The Bertz CT molecular complexity index is 1420. The molecule has 2 aliphatic rings. The third-order valence-electron chi connectivity index (χ3n) is 6.63. The fraction of sp³-hybridized carbons (Fsp3) is 0.360. The molecule has 5 rings (SSSR count). The molecule has 0 saturated heterocycles. The number of rotatable bonds is 3. The molecule has 3 aromatic rings. The van der Waals surface area contributed by atoms with Crippen LogP contribution in [0.1, 0.15) is 37.0 Å². The minimum Gasteiger partial charge on any atom is -0.457 e. The number of esters is 2. The van der Waals surface area contributed by atoms with Gasteiger partial charge in [-0.15, -0.1) is 0 Å². The summed E-state index contributed by atoms with van der Waals surface area (Å²) >= 11 is 0. The van der Waals surface area contributed by atoms with Crippen LogP contribution in [0.15, 0.2) is 35.1 Å². The number of pyridine rings is 2. The molecule has 0 fully saturated rings. The molecule has 1 unspecified atom stereocenters. The number of benzene rings is 1. The molecule has 170 valence electrons. The smallest absolute Gasteiger partial charge is 0.355 e. The summed E-state index contributed by atoms with van der Waals surface area (Å²) in [6.07, 6.45) is 0.166. The number of nitrogens with zero attached hydrogens (tertiary/aromatic N) is 2. The molecule has 0 bridgehead atoms. The topological polar surface area (TPSA) is 87.5 Å². The number of para-hydroxylation sites is 1. The standard InChI is InChI=1S/C25H26N2O5Si/c1-6-25(32-14(2)28)18-11-20-21-16(12-27(20)23(29)17(18)13-31-24(25)30)22(33(3,4)5)15-9-7-8-10-19(15)26-21/h7-11H,6,12-13H2,1-5H3. The first kappa shape index (κ1) is 21.6. The molecule has 4 heterocycles. The SMILES string of the molecule is CCC1(OC(C)=O)C(=O)OCc2c1cc1n(c2=O)Cc2c-1nc1ccccc1c2[Si](C)(C)C. The molecule has 33 heavy (non-hydrogen) atoms. The average molecular weight is 463 g/mol. The van der Waals surface area contributed by atoms with Crippen LogP contribution in [0.2, 0.25) is 19.6 Å². The Morgan fingerprint density at radius 1 is 1.21 bits per heavy atom. The molecule has 7 nitrogen and oxygen atoms in total. The minimum atomic E-state index is -1.81. The quantitative estimate of drug-likeness (QED) is 0.343. The van der Waals surface area contributed by atoms with E-state index in [4.69, 9.17) is 14.5 Å². The maximum Gasteiger partial charge on any atom is 0.355 e. The number of fused-ring (bicyclic) bond motifs is 5. The van der Waals surface area contributed by atoms with Crippen molar-refractivity contribution < 1.29 is 19.1 Å².